The second-order valence-corrected chi connectivity index (χ2v) is 6.73. The Hall–Kier alpha value is -1.23. The van der Waals surface area contributed by atoms with Crippen molar-refractivity contribution in [2.45, 2.75) is 30.6 Å². The van der Waals surface area contributed by atoms with Gasteiger partial charge in [-0.3, -0.25) is 4.79 Å². The molecule has 98 valence electrons. The van der Waals surface area contributed by atoms with E-state index in [1.54, 1.807) is 0 Å². The smallest absolute Gasteiger partial charge is 0.178 e. The maximum absolute atomic E-state index is 12.7. The van der Waals surface area contributed by atoms with Crippen molar-refractivity contribution in [1.82, 2.24) is 0 Å². The van der Waals surface area contributed by atoms with Crippen LogP contribution in [-0.4, -0.2) is 20.0 Å². The summed E-state index contributed by atoms with van der Waals surface area (Å²) in [5, 5.41) is 0. The molecule has 0 aliphatic heterocycles. The van der Waals surface area contributed by atoms with Crippen molar-refractivity contribution in [2.24, 2.45) is 5.92 Å². The van der Waals surface area contributed by atoms with Gasteiger partial charge < -0.3 is 0 Å². The minimum atomic E-state index is -3.41. The molecule has 0 radical (unpaired) electrons. The molecular weight excluding hydrogens is 255 g/mol. The van der Waals surface area contributed by atoms with E-state index in [2.05, 4.69) is 0 Å². The number of carbonyl (C=O) groups is 1. The molecule has 1 aliphatic carbocycles. The number of hydrogen-bond acceptors (Lipinski definition) is 3. The van der Waals surface area contributed by atoms with Crippen LogP contribution in [0.25, 0.3) is 0 Å². The third-order valence-electron chi connectivity index (χ3n) is 3.34. The molecule has 1 atom stereocenters. The number of hydrogen-bond donors (Lipinski definition) is 0. The minimum absolute atomic E-state index is 0.0466. The molecule has 0 N–H and O–H groups in total. The van der Waals surface area contributed by atoms with E-state index in [9.17, 15) is 17.6 Å². The highest BCUT2D eigenvalue weighted by atomic mass is 32.2. The van der Waals surface area contributed by atoms with E-state index in [1.165, 1.54) is 12.1 Å². The zero-order valence-corrected chi connectivity index (χ0v) is 10.7. The molecule has 0 aromatic heterocycles. The second kappa shape index (κ2) is 5.18. The Balaban J connectivity index is 2.03. The summed E-state index contributed by atoms with van der Waals surface area (Å²) in [5.74, 6) is -0.445. The van der Waals surface area contributed by atoms with Gasteiger partial charge in [-0.25, -0.2) is 12.8 Å². The van der Waals surface area contributed by atoms with Crippen LogP contribution in [0.3, 0.4) is 0 Å². The van der Waals surface area contributed by atoms with Crippen molar-refractivity contribution in [2.75, 3.05) is 5.75 Å². The molecular formula is C13H15FO3S. The predicted molar refractivity (Wildman–Crippen MR) is 65.4 cm³/mol. The van der Waals surface area contributed by atoms with E-state index in [1.807, 2.05) is 0 Å². The summed E-state index contributed by atoms with van der Waals surface area (Å²) < 4.78 is 36.7. The van der Waals surface area contributed by atoms with Crippen LogP contribution in [0.2, 0.25) is 0 Å². The van der Waals surface area contributed by atoms with E-state index < -0.39 is 15.7 Å². The lowest BCUT2D eigenvalue weighted by molar-refractivity contribution is -0.120. The highest BCUT2D eigenvalue weighted by Gasteiger charge is 2.26. The molecule has 0 spiro atoms. The number of sulfone groups is 1. The molecule has 1 fully saturated rings. The summed E-state index contributed by atoms with van der Waals surface area (Å²) in [6.45, 7) is 0. The first-order valence-corrected chi connectivity index (χ1v) is 7.65. The SMILES string of the molecule is O=C1CCCC1CCS(=O)(=O)c1ccc(F)cc1. The predicted octanol–water partition coefficient (Wildman–Crippen LogP) is 2.36. The molecule has 0 amide bonds. The first-order valence-electron chi connectivity index (χ1n) is 6.00. The molecule has 1 aliphatic rings. The van der Waals surface area contributed by atoms with Crippen LogP contribution in [0.15, 0.2) is 29.2 Å². The minimum Gasteiger partial charge on any atom is -0.299 e. The molecule has 5 heteroatoms. The number of benzene rings is 1. The largest absolute Gasteiger partial charge is 0.299 e. The second-order valence-electron chi connectivity index (χ2n) is 4.62. The van der Waals surface area contributed by atoms with Gasteiger partial charge in [-0.1, -0.05) is 0 Å². The first-order chi connectivity index (χ1) is 8.49. The maximum Gasteiger partial charge on any atom is 0.178 e. The van der Waals surface area contributed by atoms with E-state index in [-0.39, 0.29) is 22.3 Å². The van der Waals surface area contributed by atoms with E-state index >= 15 is 0 Å². The Morgan fingerprint density at radius 1 is 1.22 bits per heavy atom. The van der Waals surface area contributed by atoms with Gasteiger partial charge in [0.2, 0.25) is 0 Å². The summed E-state index contributed by atoms with van der Waals surface area (Å²) in [5.41, 5.74) is 0. The fourth-order valence-electron chi connectivity index (χ4n) is 2.25. The van der Waals surface area contributed by atoms with Gasteiger partial charge in [0.1, 0.15) is 11.6 Å². The fraction of sp³-hybridized carbons (Fsp3) is 0.462. The van der Waals surface area contributed by atoms with Gasteiger partial charge in [-0.2, -0.15) is 0 Å². The van der Waals surface area contributed by atoms with Crippen LogP contribution >= 0.6 is 0 Å². The highest BCUT2D eigenvalue weighted by Crippen LogP contribution is 2.25. The molecule has 0 heterocycles. The van der Waals surface area contributed by atoms with Crippen LogP contribution in [0.4, 0.5) is 4.39 Å². The number of Topliss-reactive ketones (excluding diaryl/α,β-unsaturated/α-hetero) is 1. The van der Waals surface area contributed by atoms with Crippen molar-refractivity contribution in [3.63, 3.8) is 0 Å². The van der Waals surface area contributed by atoms with Gasteiger partial charge in [0, 0.05) is 12.3 Å². The van der Waals surface area contributed by atoms with Crippen molar-refractivity contribution in [1.29, 1.82) is 0 Å². The Morgan fingerprint density at radius 3 is 2.44 bits per heavy atom. The Labute approximate surface area is 106 Å². The molecule has 0 bridgehead atoms. The van der Waals surface area contributed by atoms with Crippen molar-refractivity contribution in [3.8, 4) is 0 Å². The highest BCUT2D eigenvalue weighted by molar-refractivity contribution is 7.91. The third-order valence-corrected chi connectivity index (χ3v) is 5.10. The molecule has 1 unspecified atom stereocenters. The van der Waals surface area contributed by atoms with Gasteiger partial charge in [0.15, 0.2) is 9.84 Å². The number of ketones is 1. The Kier molecular flexibility index (Phi) is 3.80. The lowest BCUT2D eigenvalue weighted by atomic mass is 10.1. The molecule has 1 aromatic carbocycles. The van der Waals surface area contributed by atoms with Crippen LogP contribution in [0, 0.1) is 11.7 Å². The summed E-state index contributed by atoms with van der Waals surface area (Å²) in [6, 6.07) is 4.80. The molecule has 18 heavy (non-hydrogen) atoms. The quantitative estimate of drug-likeness (QED) is 0.789. The topological polar surface area (TPSA) is 51.2 Å². The van der Waals surface area contributed by atoms with E-state index in [0.717, 1.165) is 25.0 Å². The average Bonchev–Trinajstić information content (AvgIpc) is 2.73. The molecule has 0 saturated heterocycles. The number of carbonyl (C=O) groups excluding carboxylic acids is 1. The van der Waals surface area contributed by atoms with Crippen molar-refractivity contribution in [3.05, 3.63) is 30.1 Å². The monoisotopic (exact) mass is 270 g/mol. The maximum atomic E-state index is 12.7. The number of halogens is 1. The summed E-state index contributed by atoms with van der Waals surface area (Å²) in [6.07, 6.45) is 2.59. The van der Waals surface area contributed by atoms with Gasteiger partial charge >= 0.3 is 0 Å². The van der Waals surface area contributed by atoms with Crippen LogP contribution in [0.1, 0.15) is 25.7 Å². The van der Waals surface area contributed by atoms with Crippen LogP contribution in [0.5, 0.6) is 0 Å². The third kappa shape index (κ3) is 2.96. The molecule has 1 aromatic rings. The summed E-state index contributed by atoms with van der Waals surface area (Å²) in [4.78, 5) is 11.5. The van der Waals surface area contributed by atoms with Gasteiger partial charge in [0.05, 0.1) is 10.6 Å². The average molecular weight is 270 g/mol. The molecule has 2 rings (SSSR count). The van der Waals surface area contributed by atoms with Gasteiger partial charge in [0.25, 0.3) is 0 Å². The zero-order chi connectivity index (χ0) is 13.2. The summed E-state index contributed by atoms with van der Waals surface area (Å²) >= 11 is 0. The first kappa shape index (κ1) is 13.2. The standard InChI is InChI=1S/C13H15FO3S/c14-11-4-6-12(7-5-11)18(16,17)9-8-10-2-1-3-13(10)15/h4-7,10H,1-3,8-9H2. The van der Waals surface area contributed by atoms with Crippen LogP contribution in [-0.2, 0) is 14.6 Å². The van der Waals surface area contributed by atoms with Crippen LogP contribution < -0.4 is 0 Å². The van der Waals surface area contributed by atoms with E-state index in [4.69, 9.17) is 0 Å². The molecule has 1 saturated carbocycles. The van der Waals surface area contributed by atoms with Gasteiger partial charge in [-0.05, 0) is 43.5 Å². The van der Waals surface area contributed by atoms with Crippen molar-refractivity contribution < 1.29 is 17.6 Å². The zero-order valence-electron chi connectivity index (χ0n) is 9.93. The van der Waals surface area contributed by atoms with Gasteiger partial charge in [-0.15, -0.1) is 0 Å². The lowest BCUT2D eigenvalue weighted by Gasteiger charge is -2.08. The lowest BCUT2D eigenvalue weighted by Crippen LogP contribution is -2.14. The summed E-state index contributed by atoms with van der Waals surface area (Å²) in [7, 11) is -3.41. The number of rotatable bonds is 4. The Morgan fingerprint density at radius 2 is 1.89 bits per heavy atom. The van der Waals surface area contributed by atoms with E-state index in [0.29, 0.717) is 12.8 Å². The molecule has 3 nitrogen and oxygen atoms in total. The Bertz CT molecular complexity index is 534. The normalized spacial score (nSPS) is 20.3. The fourth-order valence-corrected chi connectivity index (χ4v) is 3.63. The van der Waals surface area contributed by atoms with Crippen molar-refractivity contribution >= 4 is 15.6 Å².